The number of carbonyl (C=O) groups excluding carboxylic acids is 1. The summed E-state index contributed by atoms with van der Waals surface area (Å²) >= 11 is 6.04. The lowest BCUT2D eigenvalue weighted by Crippen LogP contribution is -2.45. The van der Waals surface area contributed by atoms with Crippen LogP contribution in [0.5, 0.6) is 5.75 Å². The number of nitrogens with two attached hydrogens (primary N) is 1. The number of nitrogens with zero attached hydrogens (tertiary/aromatic N) is 1. The molecule has 0 aliphatic carbocycles. The quantitative estimate of drug-likeness (QED) is 0.789. The van der Waals surface area contributed by atoms with Crippen molar-refractivity contribution in [3.05, 3.63) is 64.4 Å². The first-order chi connectivity index (χ1) is 13.3. The van der Waals surface area contributed by atoms with E-state index >= 15 is 0 Å². The van der Waals surface area contributed by atoms with Crippen LogP contribution in [0.25, 0.3) is 0 Å². The molecule has 0 aromatic heterocycles. The fourth-order valence-corrected chi connectivity index (χ4v) is 2.95. The zero-order valence-electron chi connectivity index (χ0n) is 15.4. The number of carboxylic acids is 1. The van der Waals surface area contributed by atoms with Crippen LogP contribution in [0.2, 0.25) is 5.02 Å². The third kappa shape index (κ3) is 5.68. The Morgan fingerprint density at radius 2 is 1.93 bits per heavy atom. The van der Waals surface area contributed by atoms with E-state index in [1.54, 1.807) is 35.2 Å². The van der Waals surface area contributed by atoms with Gasteiger partial charge in [-0.05, 0) is 42.3 Å². The topological polar surface area (TPSA) is 92.9 Å². The second kappa shape index (κ2) is 10.1. The van der Waals surface area contributed by atoms with Gasteiger partial charge in [-0.15, -0.1) is 0 Å². The second-order valence-corrected chi connectivity index (χ2v) is 6.59. The van der Waals surface area contributed by atoms with Crippen molar-refractivity contribution in [3.8, 4) is 5.75 Å². The van der Waals surface area contributed by atoms with E-state index in [1.807, 2.05) is 0 Å². The van der Waals surface area contributed by atoms with E-state index in [2.05, 4.69) is 0 Å². The van der Waals surface area contributed by atoms with Crippen LogP contribution in [0.3, 0.4) is 0 Å². The summed E-state index contributed by atoms with van der Waals surface area (Å²) in [6.07, 6.45) is 0.844. The number of aliphatic carboxylic acids is 1. The molecule has 6 nitrogen and oxygen atoms in total. The minimum atomic E-state index is -0.833. The summed E-state index contributed by atoms with van der Waals surface area (Å²) in [6.45, 7) is 2.41. The number of carboxylic acid groups (broad SMARTS) is 1. The van der Waals surface area contributed by atoms with E-state index < -0.39 is 5.97 Å². The first-order valence-corrected chi connectivity index (χ1v) is 9.09. The molecular weight excluding hydrogens is 387 g/mol. The molecule has 1 atom stereocenters. The van der Waals surface area contributed by atoms with Crippen molar-refractivity contribution < 1.29 is 23.8 Å². The fourth-order valence-electron chi connectivity index (χ4n) is 2.78. The number of likely N-dealkylation sites (tertiary alicyclic amines) is 1. The molecule has 1 fully saturated rings. The van der Waals surface area contributed by atoms with Gasteiger partial charge in [0.25, 0.3) is 11.9 Å². The largest absolute Gasteiger partial charge is 0.491 e. The Balaban J connectivity index is 0.000000640. The number of rotatable bonds is 5. The maximum atomic E-state index is 13.1. The van der Waals surface area contributed by atoms with Gasteiger partial charge in [0.05, 0.1) is 11.6 Å². The molecule has 0 radical (unpaired) electrons. The van der Waals surface area contributed by atoms with Crippen LogP contribution in [0.15, 0.2) is 42.5 Å². The molecule has 1 unspecified atom stereocenters. The summed E-state index contributed by atoms with van der Waals surface area (Å²) in [5, 5.41) is 7.89. The molecule has 150 valence electrons. The van der Waals surface area contributed by atoms with Crippen LogP contribution in [0.1, 0.15) is 35.3 Å². The molecule has 28 heavy (non-hydrogen) atoms. The minimum Gasteiger partial charge on any atom is -0.491 e. The monoisotopic (exact) mass is 408 g/mol. The third-order valence-corrected chi connectivity index (χ3v) is 4.32. The molecule has 1 saturated heterocycles. The SMILES string of the molecule is CC(=O)O.NCCOc1ccc(Cl)cc1C(=O)N1CCC1c1ccc(F)cc1. The van der Waals surface area contributed by atoms with Crippen LogP contribution in [0.4, 0.5) is 4.39 Å². The van der Waals surface area contributed by atoms with Crippen LogP contribution in [-0.4, -0.2) is 41.6 Å². The van der Waals surface area contributed by atoms with Crippen molar-refractivity contribution in [1.29, 1.82) is 0 Å². The average molecular weight is 409 g/mol. The van der Waals surface area contributed by atoms with Crippen molar-refractivity contribution in [1.82, 2.24) is 4.90 Å². The minimum absolute atomic E-state index is 0.0561. The molecule has 1 heterocycles. The molecule has 1 aliphatic rings. The van der Waals surface area contributed by atoms with Gasteiger partial charge in [-0.3, -0.25) is 9.59 Å². The van der Waals surface area contributed by atoms with Gasteiger partial charge in [0.15, 0.2) is 0 Å². The summed E-state index contributed by atoms with van der Waals surface area (Å²) in [5.74, 6) is -0.798. The van der Waals surface area contributed by atoms with Gasteiger partial charge >= 0.3 is 0 Å². The highest BCUT2D eigenvalue weighted by Gasteiger charge is 2.35. The van der Waals surface area contributed by atoms with Gasteiger partial charge in [0, 0.05) is 25.0 Å². The Labute approximate surface area is 167 Å². The first kappa shape index (κ1) is 21.7. The molecular formula is C20H22ClFN2O4. The molecule has 8 heteroatoms. The highest BCUT2D eigenvalue weighted by atomic mass is 35.5. The zero-order valence-corrected chi connectivity index (χ0v) is 16.2. The van der Waals surface area contributed by atoms with Gasteiger partial charge in [-0.25, -0.2) is 4.39 Å². The summed E-state index contributed by atoms with van der Waals surface area (Å²) in [4.78, 5) is 23.6. The molecule has 2 aromatic rings. The van der Waals surface area contributed by atoms with E-state index in [-0.39, 0.29) is 17.8 Å². The molecule has 0 spiro atoms. The fraction of sp³-hybridized carbons (Fsp3) is 0.300. The summed E-state index contributed by atoms with van der Waals surface area (Å²) < 4.78 is 18.6. The Hall–Kier alpha value is -2.64. The number of ether oxygens (including phenoxy) is 1. The molecule has 0 bridgehead atoms. The molecule has 2 aromatic carbocycles. The van der Waals surface area contributed by atoms with E-state index in [9.17, 15) is 9.18 Å². The lowest BCUT2D eigenvalue weighted by molar-refractivity contribution is -0.134. The summed E-state index contributed by atoms with van der Waals surface area (Å²) in [6, 6.07) is 11.1. The standard InChI is InChI=1S/C18H18ClFN2O2.C2H4O2/c19-13-3-6-17(24-10-8-21)15(11-13)18(23)22-9-7-16(22)12-1-4-14(20)5-2-12;1-2(3)4/h1-6,11,16H,7-10,21H2;1H3,(H,3,4). The van der Waals surface area contributed by atoms with Crippen LogP contribution < -0.4 is 10.5 Å². The number of hydrogen-bond acceptors (Lipinski definition) is 4. The van der Waals surface area contributed by atoms with Crippen molar-refractivity contribution in [2.45, 2.75) is 19.4 Å². The molecule has 1 aliphatic heterocycles. The summed E-state index contributed by atoms with van der Waals surface area (Å²) in [7, 11) is 0. The van der Waals surface area contributed by atoms with E-state index in [0.29, 0.717) is 36.0 Å². The first-order valence-electron chi connectivity index (χ1n) is 8.72. The van der Waals surface area contributed by atoms with E-state index in [0.717, 1.165) is 18.9 Å². The van der Waals surface area contributed by atoms with Gasteiger partial charge < -0.3 is 20.5 Å². The molecule has 3 N–H and O–H groups in total. The predicted octanol–water partition coefficient (Wildman–Crippen LogP) is 3.49. The number of hydrogen-bond donors (Lipinski definition) is 2. The highest BCUT2D eigenvalue weighted by molar-refractivity contribution is 6.31. The Kier molecular flexibility index (Phi) is 7.78. The van der Waals surface area contributed by atoms with Crippen LogP contribution in [0, 0.1) is 5.82 Å². The smallest absolute Gasteiger partial charge is 0.300 e. The van der Waals surface area contributed by atoms with Crippen LogP contribution >= 0.6 is 11.6 Å². The normalized spacial score (nSPS) is 15.1. The van der Waals surface area contributed by atoms with Gasteiger partial charge in [0.1, 0.15) is 18.2 Å². The third-order valence-electron chi connectivity index (χ3n) is 4.08. The maximum Gasteiger partial charge on any atom is 0.300 e. The number of carbonyl (C=O) groups is 2. The van der Waals surface area contributed by atoms with E-state index in [1.165, 1.54) is 12.1 Å². The van der Waals surface area contributed by atoms with Gasteiger partial charge in [-0.2, -0.15) is 0 Å². The average Bonchev–Trinajstić information content (AvgIpc) is 2.61. The molecule has 0 saturated carbocycles. The number of halogens is 2. The van der Waals surface area contributed by atoms with Gasteiger partial charge in [0.2, 0.25) is 0 Å². The van der Waals surface area contributed by atoms with Crippen molar-refractivity contribution in [2.75, 3.05) is 19.7 Å². The lowest BCUT2D eigenvalue weighted by Gasteiger charge is -2.41. The summed E-state index contributed by atoms with van der Waals surface area (Å²) in [5.41, 5.74) is 6.80. The van der Waals surface area contributed by atoms with Crippen molar-refractivity contribution in [2.24, 2.45) is 5.73 Å². The Bertz CT molecular complexity index is 825. The zero-order chi connectivity index (χ0) is 20.7. The lowest BCUT2D eigenvalue weighted by atomic mass is 9.93. The van der Waals surface area contributed by atoms with Gasteiger partial charge in [-0.1, -0.05) is 23.7 Å². The molecule has 3 rings (SSSR count). The Morgan fingerprint density at radius 1 is 1.29 bits per heavy atom. The number of benzene rings is 2. The van der Waals surface area contributed by atoms with Crippen molar-refractivity contribution >= 4 is 23.5 Å². The molecule has 1 amide bonds. The van der Waals surface area contributed by atoms with E-state index in [4.69, 9.17) is 32.0 Å². The highest BCUT2D eigenvalue weighted by Crippen LogP contribution is 2.36. The Morgan fingerprint density at radius 3 is 2.46 bits per heavy atom. The second-order valence-electron chi connectivity index (χ2n) is 6.15. The van der Waals surface area contributed by atoms with Crippen molar-refractivity contribution in [3.63, 3.8) is 0 Å². The predicted molar refractivity (Wildman–Crippen MR) is 104 cm³/mol. The number of amides is 1. The maximum absolute atomic E-state index is 13.1. The van der Waals surface area contributed by atoms with Crippen LogP contribution in [-0.2, 0) is 4.79 Å².